The van der Waals surface area contributed by atoms with Crippen LogP contribution in [0.25, 0.3) is 0 Å². The molecule has 8 nitrogen and oxygen atoms in total. The van der Waals surface area contributed by atoms with Gasteiger partial charge in [-0.2, -0.15) is 0 Å². The van der Waals surface area contributed by atoms with Gasteiger partial charge in [-0.05, 0) is 0 Å². The number of quaternary nitrogens is 1. The molecule has 0 aromatic carbocycles. The van der Waals surface area contributed by atoms with Crippen LogP contribution in [0, 0.1) is 12.3 Å². The summed E-state index contributed by atoms with van der Waals surface area (Å²) >= 11 is 0. The Morgan fingerprint density at radius 3 is 2.62 bits per heavy atom. The van der Waals surface area contributed by atoms with E-state index in [1.807, 2.05) is 14.1 Å². The number of nitrogens with one attached hydrogen (secondary N) is 1. The van der Waals surface area contributed by atoms with Crippen LogP contribution in [0.1, 0.15) is 0 Å². The first-order chi connectivity index (χ1) is 9.87. The van der Waals surface area contributed by atoms with Crippen LogP contribution in [-0.2, 0) is 18.6 Å². The molecule has 0 spiro atoms. The van der Waals surface area contributed by atoms with E-state index in [9.17, 15) is 9.36 Å². The fraction of sp³-hybridized carbons (Fsp3) is 0.750. The van der Waals surface area contributed by atoms with Crippen LogP contribution in [0.3, 0.4) is 0 Å². The molecular formula is C12H24N2O6P+. The van der Waals surface area contributed by atoms with E-state index < -0.39 is 14.3 Å². The number of hydrogen-bond acceptors (Lipinski definition) is 5. The van der Waals surface area contributed by atoms with Gasteiger partial charge in [0.2, 0.25) is 0 Å². The molecule has 0 saturated carbocycles. The number of ether oxygens (including phenoxy) is 2. The summed E-state index contributed by atoms with van der Waals surface area (Å²) in [6.07, 6.45) is 4.38. The highest BCUT2D eigenvalue weighted by Crippen LogP contribution is 2.14. The van der Waals surface area contributed by atoms with E-state index in [1.165, 1.54) is 0 Å². The van der Waals surface area contributed by atoms with Crippen LogP contribution >= 0.6 is 8.25 Å². The summed E-state index contributed by atoms with van der Waals surface area (Å²) in [7, 11) is 1.08. The van der Waals surface area contributed by atoms with Gasteiger partial charge in [0.15, 0.2) is 6.61 Å². The van der Waals surface area contributed by atoms with E-state index in [0.717, 1.165) is 6.54 Å². The molecule has 0 aromatic rings. The first-order valence-corrected chi connectivity index (χ1v) is 7.73. The normalized spacial score (nSPS) is 12.5. The summed E-state index contributed by atoms with van der Waals surface area (Å²) in [5.41, 5.74) is 0. The van der Waals surface area contributed by atoms with Gasteiger partial charge in [0.05, 0.1) is 27.3 Å². The lowest BCUT2D eigenvalue weighted by atomic mass is 10.4. The number of rotatable bonds is 11. The predicted molar refractivity (Wildman–Crippen MR) is 78.0 cm³/mol. The molecule has 0 saturated heterocycles. The topological polar surface area (TPSA) is 94.1 Å². The quantitative estimate of drug-likeness (QED) is 0.237. The van der Waals surface area contributed by atoms with Crippen molar-refractivity contribution in [2.24, 2.45) is 0 Å². The maximum absolute atomic E-state index is 11.0. The van der Waals surface area contributed by atoms with Crippen molar-refractivity contribution in [3.05, 3.63) is 0 Å². The van der Waals surface area contributed by atoms with E-state index in [0.29, 0.717) is 30.8 Å². The Labute approximate surface area is 125 Å². The molecule has 0 fully saturated rings. The van der Waals surface area contributed by atoms with Gasteiger partial charge in [-0.1, -0.05) is 5.92 Å². The van der Waals surface area contributed by atoms with Crippen molar-refractivity contribution < 1.29 is 32.7 Å². The van der Waals surface area contributed by atoms with Crippen molar-refractivity contribution in [2.75, 3.05) is 60.2 Å². The molecular weight excluding hydrogens is 299 g/mol. The van der Waals surface area contributed by atoms with Crippen LogP contribution in [0.4, 0.5) is 4.79 Å². The molecule has 1 atom stereocenters. The van der Waals surface area contributed by atoms with E-state index in [-0.39, 0.29) is 13.2 Å². The van der Waals surface area contributed by atoms with Gasteiger partial charge in [-0.25, -0.2) is 4.79 Å². The van der Waals surface area contributed by atoms with Crippen molar-refractivity contribution >= 4 is 14.3 Å². The van der Waals surface area contributed by atoms with E-state index in [4.69, 9.17) is 16.1 Å². The number of amides is 1. The van der Waals surface area contributed by atoms with Gasteiger partial charge >= 0.3 is 14.3 Å². The fourth-order valence-corrected chi connectivity index (χ4v) is 1.56. The second-order valence-corrected chi connectivity index (χ2v) is 5.64. The molecule has 0 aromatic heterocycles. The summed E-state index contributed by atoms with van der Waals surface area (Å²) in [4.78, 5) is 19.6. The first kappa shape index (κ1) is 19.9. The Kier molecular flexibility index (Phi) is 10.9. The molecule has 0 aliphatic heterocycles. The Bertz CT molecular complexity index is 369. The number of carbonyl (C=O) groups excluding carboxylic acids is 1. The van der Waals surface area contributed by atoms with E-state index >= 15 is 0 Å². The number of nitrogens with zero attached hydrogens (tertiary/aromatic N) is 1. The molecule has 0 heterocycles. The molecule has 122 valence electrons. The Hall–Kier alpha value is -1.10. The van der Waals surface area contributed by atoms with Crippen molar-refractivity contribution in [3.8, 4) is 12.3 Å². The van der Waals surface area contributed by atoms with Crippen molar-refractivity contribution in [3.63, 3.8) is 0 Å². The van der Waals surface area contributed by atoms with Crippen molar-refractivity contribution in [2.45, 2.75) is 0 Å². The van der Waals surface area contributed by atoms with Gasteiger partial charge < -0.3 is 28.7 Å². The number of alkyl carbamates (subject to hydrolysis) is 1. The monoisotopic (exact) mass is 323 g/mol. The first-order valence-electron chi connectivity index (χ1n) is 6.47. The van der Waals surface area contributed by atoms with Gasteiger partial charge in [0, 0.05) is 6.54 Å². The Balaban J connectivity index is 3.54. The molecule has 0 radical (unpaired) electrons. The second-order valence-electron chi connectivity index (χ2n) is 4.82. The lowest BCUT2D eigenvalue weighted by Crippen LogP contribution is -2.44. The van der Waals surface area contributed by atoms with Crippen LogP contribution in [0.5, 0.6) is 0 Å². The summed E-state index contributed by atoms with van der Waals surface area (Å²) < 4.78 is 25.7. The average Bonchev–Trinajstić information content (AvgIpc) is 2.39. The van der Waals surface area contributed by atoms with Crippen molar-refractivity contribution in [1.82, 2.24) is 5.32 Å². The Morgan fingerprint density at radius 1 is 1.33 bits per heavy atom. The maximum atomic E-state index is 11.0. The maximum Gasteiger partial charge on any atom is 0.408 e. The number of terminal acetylenes is 1. The van der Waals surface area contributed by atoms with Crippen LogP contribution in [0.15, 0.2) is 0 Å². The average molecular weight is 323 g/mol. The van der Waals surface area contributed by atoms with E-state index in [1.54, 1.807) is 0 Å². The number of carbonyl (C=O) groups is 1. The standard InChI is InChI=1S/C12H23N2O6P/c1-4-8-19-12(15)13-5-9-18-10-6-14(2,3)7-11-20-21(16)17/h1,21H,5-11H2,2-3H3,(H-,13,15,16,17)/p+1. The fourth-order valence-electron chi connectivity index (χ4n) is 1.29. The predicted octanol–water partition coefficient (Wildman–Crippen LogP) is -0.163. The molecule has 9 heteroatoms. The summed E-state index contributed by atoms with van der Waals surface area (Å²) in [6, 6.07) is 0. The zero-order chi connectivity index (χ0) is 16.1. The molecule has 1 unspecified atom stereocenters. The molecule has 0 rings (SSSR count). The summed E-state index contributed by atoms with van der Waals surface area (Å²) in [5.74, 6) is 2.19. The van der Waals surface area contributed by atoms with Gasteiger partial charge in [0.25, 0.3) is 0 Å². The SMILES string of the molecule is C#CCOC(=O)NCCOCC[N+](C)(C)CCO[PH](=O)O. The van der Waals surface area contributed by atoms with Gasteiger partial charge in [-0.3, -0.25) is 4.57 Å². The van der Waals surface area contributed by atoms with Crippen LogP contribution in [-0.4, -0.2) is 75.6 Å². The highest BCUT2D eigenvalue weighted by atomic mass is 31.1. The lowest BCUT2D eigenvalue weighted by molar-refractivity contribution is -0.890. The third kappa shape index (κ3) is 13.6. The molecule has 2 N–H and O–H groups in total. The molecule has 0 aliphatic rings. The second kappa shape index (κ2) is 11.5. The zero-order valence-electron chi connectivity index (χ0n) is 12.5. The minimum atomic E-state index is -2.86. The highest BCUT2D eigenvalue weighted by molar-refractivity contribution is 7.32. The lowest BCUT2D eigenvalue weighted by Gasteiger charge is -2.29. The highest BCUT2D eigenvalue weighted by Gasteiger charge is 2.14. The number of likely N-dealkylation sites (N-methyl/N-ethyl adjacent to an activating group) is 1. The van der Waals surface area contributed by atoms with Gasteiger partial charge in [0.1, 0.15) is 19.7 Å². The smallest absolute Gasteiger partial charge is 0.408 e. The largest absolute Gasteiger partial charge is 0.436 e. The third-order valence-electron chi connectivity index (χ3n) is 2.57. The van der Waals surface area contributed by atoms with Crippen LogP contribution in [0.2, 0.25) is 0 Å². The van der Waals surface area contributed by atoms with Crippen LogP contribution < -0.4 is 5.32 Å². The summed E-state index contributed by atoms with van der Waals surface area (Å²) in [6.45, 7) is 2.71. The van der Waals surface area contributed by atoms with Crippen molar-refractivity contribution in [1.29, 1.82) is 0 Å². The van der Waals surface area contributed by atoms with E-state index in [2.05, 4.69) is 20.5 Å². The molecule has 21 heavy (non-hydrogen) atoms. The van der Waals surface area contributed by atoms with Gasteiger partial charge in [-0.15, -0.1) is 6.42 Å². The minimum Gasteiger partial charge on any atom is -0.436 e. The third-order valence-corrected chi connectivity index (χ3v) is 3.02. The molecule has 1 amide bonds. The zero-order valence-corrected chi connectivity index (χ0v) is 13.5. The number of hydrogen-bond donors (Lipinski definition) is 2. The summed E-state index contributed by atoms with van der Waals surface area (Å²) in [5, 5.41) is 2.50. The molecule has 0 aliphatic carbocycles. The Morgan fingerprint density at radius 2 is 2.00 bits per heavy atom. The molecule has 0 bridgehead atoms. The minimum absolute atomic E-state index is 0.0550.